The van der Waals surface area contributed by atoms with E-state index in [0.717, 1.165) is 0 Å². The van der Waals surface area contributed by atoms with Gasteiger partial charge in [-0.25, -0.2) is 0 Å². The molecule has 5 heteroatoms. The largest absolute Gasteiger partial charge is 0.465 e. The summed E-state index contributed by atoms with van der Waals surface area (Å²) >= 11 is 0. The Morgan fingerprint density at radius 3 is 1.84 bits per heavy atom. The van der Waals surface area contributed by atoms with Gasteiger partial charge in [0.2, 0.25) is 0 Å². The normalized spacial score (nSPS) is 12.2. The molecule has 5 nitrogen and oxygen atoms in total. The van der Waals surface area contributed by atoms with Crippen LogP contribution in [0.4, 0.5) is 0 Å². The Labute approximate surface area is 116 Å². The van der Waals surface area contributed by atoms with Crippen molar-refractivity contribution in [2.75, 3.05) is 26.4 Å². The topological polar surface area (TPSA) is 65.0 Å². The average molecular weight is 276 g/mol. The third-order valence-electron chi connectivity index (χ3n) is 2.67. The molecule has 0 atom stereocenters. The van der Waals surface area contributed by atoms with E-state index in [9.17, 15) is 9.90 Å². The van der Waals surface area contributed by atoms with Gasteiger partial charge in [0.05, 0.1) is 30.8 Å². The van der Waals surface area contributed by atoms with E-state index < -0.39 is 5.41 Å². The number of ether oxygens (including phenoxy) is 3. The van der Waals surface area contributed by atoms with Gasteiger partial charge in [-0.05, 0) is 34.1 Å². The van der Waals surface area contributed by atoms with Crippen molar-refractivity contribution in [2.24, 2.45) is 5.41 Å². The Morgan fingerprint density at radius 2 is 1.53 bits per heavy atom. The Hall–Kier alpha value is -0.650. The molecule has 0 aromatic heterocycles. The van der Waals surface area contributed by atoms with E-state index in [-0.39, 0.29) is 31.4 Å². The molecule has 0 heterocycles. The van der Waals surface area contributed by atoms with Crippen molar-refractivity contribution in [1.82, 2.24) is 0 Å². The SMILES string of the molecule is CC(=O)OCC(CCO)(COC(C)C)COC(C)C. The van der Waals surface area contributed by atoms with E-state index in [4.69, 9.17) is 14.2 Å². The zero-order valence-corrected chi connectivity index (χ0v) is 12.8. The predicted molar refractivity (Wildman–Crippen MR) is 72.9 cm³/mol. The number of hydrogen-bond donors (Lipinski definition) is 1. The van der Waals surface area contributed by atoms with Gasteiger partial charge in [0.1, 0.15) is 6.61 Å². The van der Waals surface area contributed by atoms with E-state index in [1.54, 1.807) is 0 Å². The van der Waals surface area contributed by atoms with E-state index in [2.05, 4.69) is 0 Å². The zero-order chi connectivity index (χ0) is 14.9. The third-order valence-corrected chi connectivity index (χ3v) is 2.67. The van der Waals surface area contributed by atoms with E-state index in [1.165, 1.54) is 6.92 Å². The summed E-state index contributed by atoms with van der Waals surface area (Å²) < 4.78 is 16.4. The van der Waals surface area contributed by atoms with Crippen LogP contribution >= 0.6 is 0 Å². The number of esters is 1. The summed E-state index contributed by atoms with van der Waals surface area (Å²) in [6.07, 6.45) is 0.628. The van der Waals surface area contributed by atoms with Gasteiger partial charge in [0, 0.05) is 13.5 Å². The second-order valence-corrected chi connectivity index (χ2v) is 5.47. The number of aliphatic hydroxyl groups excluding tert-OH is 1. The second-order valence-electron chi connectivity index (χ2n) is 5.47. The maximum atomic E-state index is 11.0. The van der Waals surface area contributed by atoms with Crippen LogP contribution in [0.15, 0.2) is 0 Å². The fourth-order valence-electron chi connectivity index (χ4n) is 1.52. The molecule has 19 heavy (non-hydrogen) atoms. The quantitative estimate of drug-likeness (QED) is 0.616. The maximum Gasteiger partial charge on any atom is 0.302 e. The van der Waals surface area contributed by atoms with Crippen molar-refractivity contribution in [3.8, 4) is 0 Å². The molecule has 0 radical (unpaired) electrons. The minimum atomic E-state index is -0.491. The Balaban J connectivity index is 4.70. The number of rotatable bonds is 10. The fourth-order valence-corrected chi connectivity index (χ4v) is 1.52. The number of hydrogen-bond acceptors (Lipinski definition) is 5. The van der Waals surface area contributed by atoms with Crippen LogP contribution in [0.25, 0.3) is 0 Å². The van der Waals surface area contributed by atoms with Crippen LogP contribution in [0.5, 0.6) is 0 Å². The third kappa shape index (κ3) is 8.97. The van der Waals surface area contributed by atoms with Gasteiger partial charge in [-0.3, -0.25) is 4.79 Å². The van der Waals surface area contributed by atoms with Crippen LogP contribution in [0.3, 0.4) is 0 Å². The lowest BCUT2D eigenvalue weighted by molar-refractivity contribution is -0.152. The second kappa shape index (κ2) is 9.28. The summed E-state index contributed by atoms with van der Waals surface area (Å²) in [5.41, 5.74) is -0.491. The highest BCUT2D eigenvalue weighted by Gasteiger charge is 2.33. The first kappa shape index (κ1) is 18.4. The molecule has 0 unspecified atom stereocenters. The molecule has 0 spiro atoms. The summed E-state index contributed by atoms with van der Waals surface area (Å²) in [7, 11) is 0. The molecule has 0 aliphatic rings. The lowest BCUT2D eigenvalue weighted by Crippen LogP contribution is -2.40. The van der Waals surface area contributed by atoms with Crippen LogP contribution in [-0.2, 0) is 19.0 Å². The molecule has 0 fully saturated rings. The van der Waals surface area contributed by atoms with Crippen molar-refractivity contribution in [3.05, 3.63) is 0 Å². The first-order chi connectivity index (χ1) is 8.81. The van der Waals surface area contributed by atoms with Gasteiger partial charge in [-0.1, -0.05) is 0 Å². The van der Waals surface area contributed by atoms with Gasteiger partial charge < -0.3 is 19.3 Å². The summed E-state index contributed by atoms with van der Waals surface area (Å²) in [5.74, 6) is -0.337. The lowest BCUT2D eigenvalue weighted by atomic mass is 9.87. The number of carbonyl (C=O) groups is 1. The first-order valence-corrected chi connectivity index (χ1v) is 6.79. The van der Waals surface area contributed by atoms with Gasteiger partial charge in [0.25, 0.3) is 0 Å². The van der Waals surface area contributed by atoms with Gasteiger partial charge >= 0.3 is 5.97 Å². The van der Waals surface area contributed by atoms with Crippen molar-refractivity contribution in [1.29, 1.82) is 0 Å². The Morgan fingerprint density at radius 1 is 1.05 bits per heavy atom. The molecule has 0 rings (SSSR count). The summed E-state index contributed by atoms with van der Waals surface area (Å²) in [6, 6.07) is 0. The Kier molecular flexibility index (Phi) is 8.97. The predicted octanol–water partition coefficient (Wildman–Crippen LogP) is 1.77. The molecule has 1 N–H and O–H groups in total. The van der Waals surface area contributed by atoms with E-state index in [1.807, 2.05) is 27.7 Å². The van der Waals surface area contributed by atoms with Crippen molar-refractivity contribution < 1.29 is 24.1 Å². The van der Waals surface area contributed by atoms with Crippen LogP contribution in [0, 0.1) is 5.41 Å². The molecule has 0 aromatic rings. The van der Waals surface area contributed by atoms with Crippen LogP contribution < -0.4 is 0 Å². The first-order valence-electron chi connectivity index (χ1n) is 6.79. The summed E-state index contributed by atoms with van der Waals surface area (Å²) in [5, 5.41) is 9.25. The van der Waals surface area contributed by atoms with Crippen molar-refractivity contribution in [2.45, 2.75) is 53.2 Å². The molecule has 0 aliphatic carbocycles. The standard InChI is InChI=1S/C14H28O5/c1-11(2)17-8-14(6-7-15,9-18-12(3)4)10-19-13(5)16/h11-12,15H,6-10H2,1-5H3. The zero-order valence-electron chi connectivity index (χ0n) is 12.8. The molecule has 0 aromatic carbocycles. The van der Waals surface area contributed by atoms with Crippen LogP contribution in [0.2, 0.25) is 0 Å². The van der Waals surface area contributed by atoms with E-state index in [0.29, 0.717) is 19.6 Å². The lowest BCUT2D eigenvalue weighted by Gasteiger charge is -2.33. The van der Waals surface area contributed by atoms with Crippen molar-refractivity contribution in [3.63, 3.8) is 0 Å². The van der Waals surface area contributed by atoms with Crippen LogP contribution in [-0.4, -0.2) is 49.7 Å². The van der Waals surface area contributed by atoms with Crippen molar-refractivity contribution >= 4 is 5.97 Å². The summed E-state index contributed by atoms with van der Waals surface area (Å²) in [6.45, 7) is 10.1. The molecular weight excluding hydrogens is 248 g/mol. The highest BCUT2D eigenvalue weighted by atomic mass is 16.5. The molecule has 0 saturated heterocycles. The molecule has 0 saturated carbocycles. The molecule has 0 aliphatic heterocycles. The Bertz CT molecular complexity index is 238. The molecule has 0 amide bonds. The van der Waals surface area contributed by atoms with Gasteiger partial charge in [0.15, 0.2) is 0 Å². The molecule has 114 valence electrons. The van der Waals surface area contributed by atoms with Gasteiger partial charge in [-0.15, -0.1) is 0 Å². The highest BCUT2D eigenvalue weighted by Crippen LogP contribution is 2.25. The maximum absolute atomic E-state index is 11.0. The monoisotopic (exact) mass is 276 g/mol. The average Bonchev–Trinajstić information content (AvgIpc) is 2.31. The molecular formula is C14H28O5. The fraction of sp³-hybridized carbons (Fsp3) is 0.929. The van der Waals surface area contributed by atoms with Crippen LogP contribution in [0.1, 0.15) is 41.0 Å². The van der Waals surface area contributed by atoms with E-state index >= 15 is 0 Å². The smallest absolute Gasteiger partial charge is 0.302 e. The summed E-state index contributed by atoms with van der Waals surface area (Å²) in [4.78, 5) is 11.0. The highest BCUT2D eigenvalue weighted by molar-refractivity contribution is 5.65. The number of carbonyl (C=O) groups excluding carboxylic acids is 1. The number of aliphatic hydroxyl groups is 1. The van der Waals surface area contributed by atoms with Gasteiger partial charge in [-0.2, -0.15) is 0 Å². The molecule has 0 bridgehead atoms. The minimum absolute atomic E-state index is 0.00414. The minimum Gasteiger partial charge on any atom is -0.465 e.